The second-order valence-corrected chi connectivity index (χ2v) is 5.04. The van der Waals surface area contributed by atoms with Crippen molar-refractivity contribution < 1.29 is 9.53 Å². The predicted octanol–water partition coefficient (Wildman–Crippen LogP) is 3.12. The number of hydrogen-bond acceptors (Lipinski definition) is 4. The van der Waals surface area contributed by atoms with Gasteiger partial charge in [0, 0.05) is 30.5 Å². The van der Waals surface area contributed by atoms with Gasteiger partial charge >= 0.3 is 0 Å². The van der Waals surface area contributed by atoms with Crippen LogP contribution in [0.4, 0.5) is 11.4 Å². The summed E-state index contributed by atoms with van der Waals surface area (Å²) >= 11 is 0. The summed E-state index contributed by atoms with van der Waals surface area (Å²) in [6.45, 7) is 2.25. The van der Waals surface area contributed by atoms with E-state index >= 15 is 0 Å². The number of hydrogen-bond donors (Lipinski definition) is 1. The van der Waals surface area contributed by atoms with E-state index in [9.17, 15) is 4.79 Å². The Morgan fingerprint density at radius 2 is 2.00 bits per heavy atom. The largest absolute Gasteiger partial charge is 0.497 e. The highest BCUT2D eigenvalue weighted by Gasteiger charge is 2.09. The van der Waals surface area contributed by atoms with Gasteiger partial charge in [0.05, 0.1) is 7.11 Å². The lowest BCUT2D eigenvalue weighted by atomic mass is 10.1. The van der Waals surface area contributed by atoms with E-state index in [0.717, 1.165) is 23.5 Å². The van der Waals surface area contributed by atoms with Crippen LogP contribution >= 0.6 is 0 Å². The lowest BCUT2D eigenvalue weighted by Crippen LogP contribution is -2.17. The summed E-state index contributed by atoms with van der Waals surface area (Å²) in [7, 11) is 3.64. The molecule has 0 aliphatic carbocycles. The minimum absolute atomic E-state index is 0.0240. The van der Waals surface area contributed by atoms with Crippen molar-refractivity contribution in [1.82, 2.24) is 0 Å². The molecule has 0 saturated carbocycles. The Morgan fingerprint density at radius 3 is 2.67 bits per heavy atom. The molecular formula is C17H20N2O2. The van der Waals surface area contributed by atoms with Gasteiger partial charge in [-0.1, -0.05) is 12.1 Å². The first kappa shape index (κ1) is 14.9. The van der Waals surface area contributed by atoms with Gasteiger partial charge in [0.2, 0.25) is 0 Å². The quantitative estimate of drug-likeness (QED) is 0.677. The van der Waals surface area contributed by atoms with E-state index in [1.807, 2.05) is 43.4 Å². The minimum atomic E-state index is -0.0240. The molecule has 110 valence electrons. The van der Waals surface area contributed by atoms with Gasteiger partial charge in [-0.3, -0.25) is 4.79 Å². The van der Waals surface area contributed by atoms with E-state index < -0.39 is 0 Å². The molecule has 0 radical (unpaired) electrons. The van der Waals surface area contributed by atoms with Crippen LogP contribution in [0.3, 0.4) is 0 Å². The molecule has 4 heteroatoms. The third kappa shape index (κ3) is 3.54. The highest BCUT2D eigenvalue weighted by molar-refractivity contribution is 6.00. The molecule has 0 spiro atoms. The first-order valence-corrected chi connectivity index (χ1v) is 6.76. The van der Waals surface area contributed by atoms with Crippen molar-refractivity contribution >= 4 is 17.2 Å². The van der Waals surface area contributed by atoms with Gasteiger partial charge in [-0.25, -0.2) is 0 Å². The van der Waals surface area contributed by atoms with Crippen molar-refractivity contribution in [3.05, 3.63) is 53.6 Å². The van der Waals surface area contributed by atoms with Crippen molar-refractivity contribution in [2.24, 2.45) is 0 Å². The first-order chi connectivity index (χ1) is 10.0. The molecule has 21 heavy (non-hydrogen) atoms. The third-order valence-electron chi connectivity index (χ3n) is 3.41. The Kier molecular flexibility index (Phi) is 4.48. The molecule has 2 rings (SSSR count). The number of nitrogens with zero attached hydrogens (tertiary/aromatic N) is 1. The van der Waals surface area contributed by atoms with Gasteiger partial charge in [-0.05, 0) is 42.8 Å². The number of nitrogen functional groups attached to an aromatic ring is 1. The maximum absolute atomic E-state index is 11.6. The number of benzene rings is 2. The summed E-state index contributed by atoms with van der Waals surface area (Å²) in [5, 5.41) is 0. The van der Waals surface area contributed by atoms with Gasteiger partial charge in [0.1, 0.15) is 5.75 Å². The molecule has 0 amide bonds. The Labute approximate surface area is 125 Å². The molecule has 2 aromatic carbocycles. The summed E-state index contributed by atoms with van der Waals surface area (Å²) in [5.74, 6) is 0.812. The summed E-state index contributed by atoms with van der Waals surface area (Å²) < 4.78 is 5.23. The molecule has 0 atom stereocenters. The number of rotatable bonds is 5. The fourth-order valence-corrected chi connectivity index (χ4v) is 2.22. The van der Waals surface area contributed by atoms with Crippen LogP contribution in [0.25, 0.3) is 0 Å². The molecule has 0 aromatic heterocycles. The molecule has 2 aromatic rings. The van der Waals surface area contributed by atoms with Crippen LogP contribution in [0.1, 0.15) is 22.8 Å². The monoisotopic (exact) mass is 284 g/mol. The van der Waals surface area contributed by atoms with Gasteiger partial charge in [-0.15, -0.1) is 0 Å². The van der Waals surface area contributed by atoms with E-state index in [-0.39, 0.29) is 5.78 Å². The Morgan fingerprint density at radius 1 is 1.24 bits per heavy atom. The lowest BCUT2D eigenvalue weighted by Gasteiger charge is -2.20. The standard InChI is InChI=1S/C17H20N2O2/c1-12(20)16-10-14(7-8-17(16)18)19(2)11-13-5-4-6-15(9-13)21-3/h4-10H,11,18H2,1-3H3. The number of ether oxygens (including phenoxy) is 1. The Balaban J connectivity index is 2.21. The molecule has 0 unspecified atom stereocenters. The highest BCUT2D eigenvalue weighted by atomic mass is 16.5. The number of carbonyl (C=O) groups is 1. The van der Waals surface area contributed by atoms with Gasteiger partial charge in [0.25, 0.3) is 0 Å². The fourth-order valence-electron chi connectivity index (χ4n) is 2.22. The Bertz CT molecular complexity index is 653. The topological polar surface area (TPSA) is 55.6 Å². The maximum atomic E-state index is 11.6. The number of ketones is 1. The summed E-state index contributed by atoms with van der Waals surface area (Å²) in [4.78, 5) is 13.6. The second-order valence-electron chi connectivity index (χ2n) is 5.04. The van der Waals surface area contributed by atoms with E-state index in [4.69, 9.17) is 10.5 Å². The SMILES string of the molecule is COc1cccc(CN(C)c2ccc(N)c(C(C)=O)c2)c1. The summed E-state index contributed by atoms with van der Waals surface area (Å²) in [5.41, 5.74) is 8.99. The van der Waals surface area contributed by atoms with Gasteiger partial charge in [-0.2, -0.15) is 0 Å². The molecule has 0 fully saturated rings. The van der Waals surface area contributed by atoms with Crippen LogP contribution in [-0.4, -0.2) is 19.9 Å². The van der Waals surface area contributed by atoms with E-state index in [1.165, 1.54) is 6.92 Å². The van der Waals surface area contributed by atoms with Crippen molar-refractivity contribution in [2.45, 2.75) is 13.5 Å². The molecule has 4 nitrogen and oxygen atoms in total. The van der Waals surface area contributed by atoms with Crippen LogP contribution in [0.15, 0.2) is 42.5 Å². The Hall–Kier alpha value is -2.49. The van der Waals surface area contributed by atoms with Crippen LogP contribution in [-0.2, 0) is 6.54 Å². The summed E-state index contributed by atoms with van der Waals surface area (Å²) in [6, 6.07) is 13.4. The number of Topliss-reactive ketones (excluding diaryl/α,β-unsaturated/α-hetero) is 1. The van der Waals surface area contributed by atoms with E-state index in [2.05, 4.69) is 4.90 Å². The van der Waals surface area contributed by atoms with Crippen LogP contribution in [0.5, 0.6) is 5.75 Å². The number of carbonyl (C=O) groups excluding carboxylic acids is 1. The number of anilines is 2. The zero-order valence-corrected chi connectivity index (χ0v) is 12.6. The van der Waals surface area contributed by atoms with Crippen molar-refractivity contribution in [3.8, 4) is 5.75 Å². The molecular weight excluding hydrogens is 264 g/mol. The molecule has 0 bridgehead atoms. The molecule has 0 aliphatic rings. The second kappa shape index (κ2) is 6.31. The van der Waals surface area contributed by atoms with Crippen molar-refractivity contribution in [3.63, 3.8) is 0 Å². The average molecular weight is 284 g/mol. The molecule has 0 heterocycles. The number of nitrogens with two attached hydrogens (primary N) is 1. The third-order valence-corrected chi connectivity index (χ3v) is 3.41. The average Bonchev–Trinajstić information content (AvgIpc) is 2.47. The predicted molar refractivity (Wildman–Crippen MR) is 86.0 cm³/mol. The molecule has 0 aliphatic heterocycles. The van der Waals surface area contributed by atoms with Crippen molar-refractivity contribution in [1.29, 1.82) is 0 Å². The molecule has 2 N–H and O–H groups in total. The lowest BCUT2D eigenvalue weighted by molar-refractivity contribution is 0.101. The van der Waals surface area contributed by atoms with Crippen molar-refractivity contribution in [2.75, 3.05) is 24.8 Å². The fraction of sp³-hybridized carbons (Fsp3) is 0.235. The smallest absolute Gasteiger partial charge is 0.161 e. The maximum Gasteiger partial charge on any atom is 0.161 e. The zero-order valence-electron chi connectivity index (χ0n) is 12.6. The van der Waals surface area contributed by atoms with Crippen LogP contribution in [0.2, 0.25) is 0 Å². The van der Waals surface area contributed by atoms with E-state index in [1.54, 1.807) is 13.2 Å². The normalized spacial score (nSPS) is 10.2. The van der Waals surface area contributed by atoms with Crippen LogP contribution < -0.4 is 15.4 Å². The molecule has 0 saturated heterocycles. The number of methoxy groups -OCH3 is 1. The minimum Gasteiger partial charge on any atom is -0.497 e. The first-order valence-electron chi connectivity index (χ1n) is 6.76. The van der Waals surface area contributed by atoms with Gasteiger partial charge in [0.15, 0.2) is 5.78 Å². The van der Waals surface area contributed by atoms with Gasteiger partial charge < -0.3 is 15.4 Å². The summed E-state index contributed by atoms with van der Waals surface area (Å²) in [6.07, 6.45) is 0. The highest BCUT2D eigenvalue weighted by Crippen LogP contribution is 2.23. The van der Waals surface area contributed by atoms with E-state index in [0.29, 0.717) is 11.3 Å². The van der Waals surface area contributed by atoms with Crippen LogP contribution in [0, 0.1) is 0 Å². The zero-order chi connectivity index (χ0) is 15.4.